The van der Waals surface area contributed by atoms with Gasteiger partial charge in [-0.25, -0.2) is 0 Å². The first-order valence-corrected chi connectivity index (χ1v) is 10.5. The van der Waals surface area contributed by atoms with Gasteiger partial charge in [-0.15, -0.1) is 0 Å². The Bertz CT molecular complexity index is 970. The van der Waals surface area contributed by atoms with Crippen LogP contribution in [0.1, 0.15) is 46.5 Å². The minimum absolute atomic E-state index is 0.0568. The fourth-order valence-corrected chi connectivity index (χ4v) is 3.04. The first-order valence-electron chi connectivity index (χ1n) is 10.5. The van der Waals surface area contributed by atoms with Gasteiger partial charge in [-0.3, -0.25) is 19.2 Å². The molecule has 0 aliphatic rings. The number of ether oxygens (including phenoxy) is 1. The number of anilines is 1. The standard InChI is InChI=1S/C24H29N3O5/c1-4-27(5-2)24(31)18-10-8-11-19(15-18)26-21(28)16-32-22(29)13-14-25-23(30)20-12-7-6-9-17(20)3/h6-12,15H,4-5,13-14,16H2,1-3H3,(H,25,30)(H,26,28). The van der Waals surface area contributed by atoms with Crippen LogP contribution in [0.15, 0.2) is 48.5 Å². The van der Waals surface area contributed by atoms with Crippen LogP contribution in [0.5, 0.6) is 0 Å². The molecule has 2 aromatic carbocycles. The third-order valence-electron chi connectivity index (χ3n) is 4.81. The summed E-state index contributed by atoms with van der Waals surface area (Å²) in [5.74, 6) is -1.51. The Kier molecular flexibility index (Phi) is 9.41. The number of aryl methyl sites for hydroxylation is 1. The van der Waals surface area contributed by atoms with Gasteiger partial charge in [-0.05, 0) is 50.6 Å². The second-order valence-electron chi connectivity index (χ2n) is 7.09. The van der Waals surface area contributed by atoms with E-state index in [2.05, 4.69) is 10.6 Å². The first-order chi connectivity index (χ1) is 15.3. The molecule has 0 saturated heterocycles. The Morgan fingerprint density at radius 2 is 1.69 bits per heavy atom. The van der Waals surface area contributed by atoms with Crippen LogP contribution in [-0.2, 0) is 14.3 Å². The molecule has 0 spiro atoms. The zero-order chi connectivity index (χ0) is 23.5. The summed E-state index contributed by atoms with van der Waals surface area (Å²) in [5.41, 5.74) is 2.29. The predicted molar refractivity (Wildman–Crippen MR) is 121 cm³/mol. The quantitative estimate of drug-likeness (QED) is 0.554. The zero-order valence-corrected chi connectivity index (χ0v) is 18.6. The minimum atomic E-state index is -0.601. The second kappa shape index (κ2) is 12.2. The van der Waals surface area contributed by atoms with Gasteiger partial charge in [-0.1, -0.05) is 24.3 Å². The van der Waals surface area contributed by atoms with Crippen LogP contribution < -0.4 is 10.6 Å². The number of nitrogens with one attached hydrogen (secondary N) is 2. The Labute approximate surface area is 187 Å². The van der Waals surface area contributed by atoms with Gasteiger partial charge in [0.05, 0.1) is 6.42 Å². The molecule has 0 fully saturated rings. The highest BCUT2D eigenvalue weighted by Crippen LogP contribution is 2.13. The highest BCUT2D eigenvalue weighted by Gasteiger charge is 2.14. The normalized spacial score (nSPS) is 10.2. The van der Waals surface area contributed by atoms with Gasteiger partial charge < -0.3 is 20.3 Å². The summed E-state index contributed by atoms with van der Waals surface area (Å²) in [7, 11) is 0. The average Bonchev–Trinajstić information content (AvgIpc) is 2.79. The number of hydrogen-bond donors (Lipinski definition) is 2. The number of amides is 3. The van der Waals surface area contributed by atoms with Crippen LogP contribution in [0.2, 0.25) is 0 Å². The number of nitrogens with zero attached hydrogens (tertiary/aromatic N) is 1. The molecule has 0 bridgehead atoms. The molecule has 0 atom stereocenters. The number of carbonyl (C=O) groups excluding carboxylic acids is 4. The molecule has 0 aliphatic carbocycles. The van der Waals surface area contributed by atoms with Crippen molar-refractivity contribution in [2.24, 2.45) is 0 Å². The maximum Gasteiger partial charge on any atom is 0.308 e. The van der Waals surface area contributed by atoms with Gasteiger partial charge in [0.2, 0.25) is 0 Å². The number of carbonyl (C=O) groups is 4. The highest BCUT2D eigenvalue weighted by atomic mass is 16.5. The van der Waals surface area contributed by atoms with E-state index in [9.17, 15) is 19.2 Å². The lowest BCUT2D eigenvalue weighted by Gasteiger charge is -2.19. The summed E-state index contributed by atoms with van der Waals surface area (Å²) in [5, 5.41) is 5.27. The van der Waals surface area contributed by atoms with Gasteiger partial charge in [0, 0.05) is 36.4 Å². The Balaban J connectivity index is 1.76. The average molecular weight is 440 g/mol. The van der Waals surface area contributed by atoms with Crippen LogP contribution in [0.25, 0.3) is 0 Å². The van der Waals surface area contributed by atoms with E-state index in [1.807, 2.05) is 32.9 Å². The van der Waals surface area contributed by atoms with Gasteiger partial charge in [0.15, 0.2) is 6.61 Å². The number of benzene rings is 2. The lowest BCUT2D eigenvalue weighted by molar-refractivity contribution is -0.147. The molecule has 0 aliphatic heterocycles. The third-order valence-corrected chi connectivity index (χ3v) is 4.81. The maximum absolute atomic E-state index is 12.4. The van der Waals surface area contributed by atoms with Crippen molar-refractivity contribution in [1.82, 2.24) is 10.2 Å². The Hall–Kier alpha value is -3.68. The lowest BCUT2D eigenvalue weighted by Crippen LogP contribution is -2.30. The summed E-state index contributed by atoms with van der Waals surface area (Å²) in [6.45, 7) is 6.45. The third kappa shape index (κ3) is 7.23. The molecule has 2 aromatic rings. The van der Waals surface area contributed by atoms with Crippen molar-refractivity contribution in [1.29, 1.82) is 0 Å². The van der Waals surface area contributed by atoms with Crippen molar-refractivity contribution in [3.63, 3.8) is 0 Å². The van der Waals surface area contributed by atoms with Gasteiger partial charge in [0.25, 0.3) is 17.7 Å². The number of hydrogen-bond acceptors (Lipinski definition) is 5. The van der Waals surface area contributed by atoms with E-state index in [1.54, 1.807) is 41.3 Å². The predicted octanol–water partition coefficient (Wildman–Crippen LogP) is 2.78. The van der Waals surface area contributed by atoms with Crippen molar-refractivity contribution in [2.75, 3.05) is 31.6 Å². The molecule has 0 saturated carbocycles. The van der Waals surface area contributed by atoms with Crippen molar-refractivity contribution in [3.8, 4) is 0 Å². The van der Waals surface area contributed by atoms with Gasteiger partial charge in [-0.2, -0.15) is 0 Å². The summed E-state index contributed by atoms with van der Waals surface area (Å²) in [6, 6.07) is 13.7. The molecule has 8 heteroatoms. The summed E-state index contributed by atoms with van der Waals surface area (Å²) in [6.07, 6.45) is -0.0568. The lowest BCUT2D eigenvalue weighted by atomic mass is 10.1. The monoisotopic (exact) mass is 439 g/mol. The van der Waals surface area contributed by atoms with E-state index in [0.29, 0.717) is 29.9 Å². The largest absolute Gasteiger partial charge is 0.456 e. The van der Waals surface area contributed by atoms with Crippen LogP contribution in [0.4, 0.5) is 5.69 Å². The summed E-state index contributed by atoms with van der Waals surface area (Å²) < 4.78 is 4.96. The van der Waals surface area contributed by atoms with Gasteiger partial charge in [0.1, 0.15) is 0 Å². The van der Waals surface area contributed by atoms with E-state index in [0.717, 1.165) is 5.56 Å². The summed E-state index contributed by atoms with van der Waals surface area (Å²) in [4.78, 5) is 50.2. The smallest absolute Gasteiger partial charge is 0.308 e. The van der Waals surface area contributed by atoms with Crippen LogP contribution in [0.3, 0.4) is 0 Å². The van der Waals surface area contributed by atoms with Crippen molar-refractivity contribution >= 4 is 29.4 Å². The fourth-order valence-electron chi connectivity index (χ4n) is 3.04. The second-order valence-corrected chi connectivity index (χ2v) is 7.09. The molecule has 0 radical (unpaired) electrons. The Morgan fingerprint density at radius 3 is 2.38 bits per heavy atom. The van der Waals surface area contributed by atoms with E-state index in [1.165, 1.54) is 0 Å². The molecule has 0 unspecified atom stereocenters. The van der Waals surface area contributed by atoms with Crippen LogP contribution in [0, 0.1) is 6.92 Å². The minimum Gasteiger partial charge on any atom is -0.456 e. The molecular weight excluding hydrogens is 410 g/mol. The number of esters is 1. The van der Waals surface area contributed by atoms with Crippen molar-refractivity contribution < 1.29 is 23.9 Å². The molecule has 0 aromatic heterocycles. The Morgan fingerprint density at radius 1 is 0.969 bits per heavy atom. The first kappa shape index (κ1) is 24.6. The van der Waals surface area contributed by atoms with E-state index in [-0.39, 0.29) is 24.8 Å². The van der Waals surface area contributed by atoms with Crippen LogP contribution in [-0.4, -0.2) is 54.8 Å². The van der Waals surface area contributed by atoms with Crippen molar-refractivity contribution in [3.05, 3.63) is 65.2 Å². The van der Waals surface area contributed by atoms with E-state index < -0.39 is 18.5 Å². The summed E-state index contributed by atoms with van der Waals surface area (Å²) >= 11 is 0. The zero-order valence-electron chi connectivity index (χ0n) is 18.6. The van der Waals surface area contributed by atoms with E-state index >= 15 is 0 Å². The van der Waals surface area contributed by atoms with E-state index in [4.69, 9.17) is 4.74 Å². The SMILES string of the molecule is CCN(CC)C(=O)c1cccc(NC(=O)COC(=O)CCNC(=O)c2ccccc2C)c1. The number of rotatable bonds is 10. The fraction of sp³-hybridized carbons (Fsp3) is 0.333. The molecule has 170 valence electrons. The molecule has 2 rings (SSSR count). The topological polar surface area (TPSA) is 105 Å². The molecule has 2 N–H and O–H groups in total. The van der Waals surface area contributed by atoms with Crippen LogP contribution >= 0.6 is 0 Å². The highest BCUT2D eigenvalue weighted by molar-refractivity contribution is 5.98. The van der Waals surface area contributed by atoms with Crippen molar-refractivity contribution in [2.45, 2.75) is 27.2 Å². The molecule has 0 heterocycles. The molecule has 3 amide bonds. The molecule has 32 heavy (non-hydrogen) atoms. The molecular formula is C24H29N3O5. The maximum atomic E-state index is 12.4. The van der Waals surface area contributed by atoms with Gasteiger partial charge >= 0.3 is 5.97 Å². The molecule has 8 nitrogen and oxygen atoms in total.